The zero-order chi connectivity index (χ0) is 14.5. The number of hydrogen-bond donors (Lipinski definition) is 1. The Labute approximate surface area is 123 Å². The molecular formula is C17H17FN2O. The average Bonchev–Trinajstić information content (AvgIpc) is 2.99. The summed E-state index contributed by atoms with van der Waals surface area (Å²) < 4.78 is 13.5. The van der Waals surface area contributed by atoms with Crippen molar-refractivity contribution < 1.29 is 9.23 Å². The van der Waals surface area contributed by atoms with Crippen LogP contribution in [-0.4, -0.2) is 18.4 Å². The van der Waals surface area contributed by atoms with Crippen molar-refractivity contribution >= 4 is 5.71 Å². The van der Waals surface area contributed by atoms with Crippen molar-refractivity contribution in [2.24, 2.45) is 5.16 Å². The van der Waals surface area contributed by atoms with Gasteiger partial charge in [-0.1, -0.05) is 53.7 Å². The number of rotatable bonds is 5. The molecule has 1 atom stereocenters. The van der Waals surface area contributed by atoms with Gasteiger partial charge in [0.05, 0.1) is 5.71 Å². The van der Waals surface area contributed by atoms with E-state index in [9.17, 15) is 4.39 Å². The summed E-state index contributed by atoms with van der Waals surface area (Å²) in [6, 6.07) is 16.8. The molecule has 3 nitrogen and oxygen atoms in total. The molecule has 1 aliphatic heterocycles. The topological polar surface area (TPSA) is 33.6 Å². The maximum Gasteiger partial charge on any atom is 0.145 e. The SMILES string of the molecule is Fc1ccccc1CNCC1CC(c2ccccc2)=NO1. The number of benzene rings is 2. The van der Waals surface area contributed by atoms with Gasteiger partial charge in [-0.05, 0) is 11.6 Å². The molecule has 0 aromatic heterocycles. The molecule has 0 fully saturated rings. The molecule has 0 bridgehead atoms. The fourth-order valence-electron chi connectivity index (χ4n) is 2.35. The average molecular weight is 284 g/mol. The molecule has 0 saturated heterocycles. The first kappa shape index (κ1) is 13.8. The fourth-order valence-corrected chi connectivity index (χ4v) is 2.35. The van der Waals surface area contributed by atoms with Crippen LogP contribution < -0.4 is 5.32 Å². The van der Waals surface area contributed by atoms with Crippen molar-refractivity contribution in [3.63, 3.8) is 0 Å². The van der Waals surface area contributed by atoms with E-state index in [2.05, 4.69) is 10.5 Å². The molecule has 1 unspecified atom stereocenters. The minimum absolute atomic E-state index is 0.00646. The van der Waals surface area contributed by atoms with Crippen molar-refractivity contribution in [1.29, 1.82) is 0 Å². The van der Waals surface area contributed by atoms with Crippen LogP contribution in [0.3, 0.4) is 0 Å². The van der Waals surface area contributed by atoms with Gasteiger partial charge in [0.2, 0.25) is 0 Å². The highest BCUT2D eigenvalue weighted by molar-refractivity contribution is 6.01. The standard InChI is InChI=1S/C17H17FN2O/c18-16-9-5-4-8-14(16)11-19-12-15-10-17(20-21-15)13-6-2-1-3-7-13/h1-9,15,19H,10-12H2. The van der Waals surface area contributed by atoms with Crippen LogP contribution in [0.5, 0.6) is 0 Å². The van der Waals surface area contributed by atoms with Crippen molar-refractivity contribution in [3.8, 4) is 0 Å². The van der Waals surface area contributed by atoms with E-state index in [1.165, 1.54) is 6.07 Å². The fraction of sp³-hybridized carbons (Fsp3) is 0.235. The van der Waals surface area contributed by atoms with Crippen molar-refractivity contribution in [2.45, 2.75) is 19.1 Å². The second-order valence-corrected chi connectivity index (χ2v) is 5.06. The number of nitrogens with one attached hydrogen (secondary N) is 1. The first-order chi connectivity index (χ1) is 10.3. The van der Waals surface area contributed by atoms with Gasteiger partial charge in [-0.25, -0.2) is 4.39 Å². The maximum absolute atomic E-state index is 13.5. The Balaban J connectivity index is 1.48. The van der Waals surface area contributed by atoms with Gasteiger partial charge in [-0.2, -0.15) is 0 Å². The Hall–Kier alpha value is -2.20. The Morgan fingerprint density at radius 1 is 1.10 bits per heavy atom. The Morgan fingerprint density at radius 2 is 1.86 bits per heavy atom. The van der Waals surface area contributed by atoms with Crippen LogP contribution in [0, 0.1) is 5.82 Å². The van der Waals surface area contributed by atoms with Gasteiger partial charge in [-0.3, -0.25) is 0 Å². The Bertz CT molecular complexity index is 628. The first-order valence-electron chi connectivity index (χ1n) is 7.05. The molecule has 0 aliphatic carbocycles. The van der Waals surface area contributed by atoms with Crippen LogP contribution in [0.15, 0.2) is 59.8 Å². The zero-order valence-corrected chi connectivity index (χ0v) is 11.6. The molecule has 4 heteroatoms. The molecule has 2 aromatic rings. The lowest BCUT2D eigenvalue weighted by atomic mass is 10.1. The summed E-state index contributed by atoms with van der Waals surface area (Å²) in [5.41, 5.74) is 2.72. The molecule has 3 rings (SSSR count). The normalized spacial score (nSPS) is 17.4. The van der Waals surface area contributed by atoms with E-state index >= 15 is 0 Å². The summed E-state index contributed by atoms with van der Waals surface area (Å²) in [5, 5.41) is 7.35. The summed E-state index contributed by atoms with van der Waals surface area (Å²) in [4.78, 5) is 5.42. The van der Waals surface area contributed by atoms with E-state index in [4.69, 9.17) is 4.84 Å². The number of oxime groups is 1. The third kappa shape index (κ3) is 3.47. The second-order valence-electron chi connectivity index (χ2n) is 5.06. The molecule has 0 spiro atoms. The smallest absolute Gasteiger partial charge is 0.145 e. The van der Waals surface area contributed by atoms with E-state index in [0.29, 0.717) is 18.7 Å². The molecule has 0 radical (unpaired) electrons. The number of halogens is 1. The van der Waals surface area contributed by atoms with Crippen molar-refractivity contribution in [2.75, 3.05) is 6.54 Å². The van der Waals surface area contributed by atoms with Crippen LogP contribution in [-0.2, 0) is 11.4 Å². The van der Waals surface area contributed by atoms with Crippen LogP contribution >= 0.6 is 0 Å². The number of hydrogen-bond acceptors (Lipinski definition) is 3. The van der Waals surface area contributed by atoms with Gasteiger partial charge >= 0.3 is 0 Å². The third-order valence-corrected chi connectivity index (χ3v) is 3.49. The third-order valence-electron chi connectivity index (χ3n) is 3.49. The Morgan fingerprint density at radius 3 is 2.67 bits per heavy atom. The summed E-state index contributed by atoms with van der Waals surface area (Å²) in [6.45, 7) is 1.14. The summed E-state index contributed by atoms with van der Waals surface area (Å²) in [5.74, 6) is -0.182. The lowest BCUT2D eigenvalue weighted by Gasteiger charge is -2.10. The molecule has 1 N–H and O–H groups in total. The highest BCUT2D eigenvalue weighted by Gasteiger charge is 2.21. The van der Waals surface area contributed by atoms with E-state index in [1.807, 2.05) is 36.4 Å². The monoisotopic (exact) mass is 284 g/mol. The summed E-state index contributed by atoms with van der Waals surface area (Å²) >= 11 is 0. The predicted octanol–water partition coefficient (Wildman–Crippen LogP) is 3.11. The van der Waals surface area contributed by atoms with Gasteiger partial charge in [0.25, 0.3) is 0 Å². The number of nitrogens with zero attached hydrogens (tertiary/aromatic N) is 1. The van der Waals surface area contributed by atoms with Crippen molar-refractivity contribution in [1.82, 2.24) is 5.32 Å². The highest BCUT2D eigenvalue weighted by atomic mass is 19.1. The minimum atomic E-state index is -0.182. The summed E-state index contributed by atoms with van der Waals surface area (Å²) in [7, 11) is 0. The van der Waals surface area contributed by atoms with E-state index < -0.39 is 0 Å². The van der Waals surface area contributed by atoms with Gasteiger partial charge in [0.15, 0.2) is 0 Å². The molecule has 0 amide bonds. The van der Waals surface area contributed by atoms with Gasteiger partial charge in [-0.15, -0.1) is 0 Å². The predicted molar refractivity (Wildman–Crippen MR) is 80.6 cm³/mol. The van der Waals surface area contributed by atoms with Gasteiger partial charge in [0.1, 0.15) is 11.9 Å². The van der Waals surface area contributed by atoms with Crippen LogP contribution in [0.1, 0.15) is 17.5 Å². The molecule has 108 valence electrons. The molecule has 1 heterocycles. The molecule has 2 aromatic carbocycles. The highest BCUT2D eigenvalue weighted by Crippen LogP contribution is 2.16. The lowest BCUT2D eigenvalue weighted by molar-refractivity contribution is 0.0848. The quantitative estimate of drug-likeness (QED) is 0.915. The molecule has 21 heavy (non-hydrogen) atoms. The first-order valence-corrected chi connectivity index (χ1v) is 7.05. The van der Waals surface area contributed by atoms with Crippen LogP contribution in [0.25, 0.3) is 0 Å². The lowest BCUT2D eigenvalue weighted by Crippen LogP contribution is -2.27. The maximum atomic E-state index is 13.5. The summed E-state index contributed by atoms with van der Waals surface area (Å²) in [6.07, 6.45) is 0.779. The minimum Gasteiger partial charge on any atom is -0.390 e. The van der Waals surface area contributed by atoms with Crippen LogP contribution in [0.4, 0.5) is 4.39 Å². The van der Waals surface area contributed by atoms with E-state index in [0.717, 1.165) is 17.7 Å². The Kier molecular flexibility index (Phi) is 4.26. The molecular weight excluding hydrogens is 267 g/mol. The van der Waals surface area contributed by atoms with Gasteiger partial charge < -0.3 is 10.2 Å². The van der Waals surface area contributed by atoms with Crippen LogP contribution in [0.2, 0.25) is 0 Å². The van der Waals surface area contributed by atoms with Gasteiger partial charge in [0, 0.05) is 25.1 Å². The van der Waals surface area contributed by atoms with Crippen molar-refractivity contribution in [3.05, 3.63) is 71.5 Å². The van der Waals surface area contributed by atoms with E-state index in [1.54, 1.807) is 12.1 Å². The largest absolute Gasteiger partial charge is 0.390 e. The molecule has 0 saturated carbocycles. The molecule has 1 aliphatic rings. The van der Waals surface area contributed by atoms with E-state index in [-0.39, 0.29) is 11.9 Å². The zero-order valence-electron chi connectivity index (χ0n) is 11.6. The second kappa shape index (κ2) is 6.50.